The van der Waals surface area contributed by atoms with Gasteiger partial charge in [0.05, 0.1) is 7.11 Å². The van der Waals surface area contributed by atoms with Crippen LogP contribution in [0.25, 0.3) is 17.2 Å². The van der Waals surface area contributed by atoms with Crippen molar-refractivity contribution in [1.82, 2.24) is 0 Å². The van der Waals surface area contributed by atoms with Crippen molar-refractivity contribution in [3.05, 3.63) is 59.7 Å². The van der Waals surface area contributed by atoms with Gasteiger partial charge in [-0.3, -0.25) is 0 Å². The van der Waals surface area contributed by atoms with Crippen molar-refractivity contribution in [2.24, 2.45) is 0 Å². The molecule has 0 saturated heterocycles. The molecule has 0 saturated carbocycles. The molecular weight excluding hydrogens is 248 g/mol. The summed E-state index contributed by atoms with van der Waals surface area (Å²) in [6, 6.07) is 19.1. The fourth-order valence-electron chi connectivity index (χ4n) is 1.91. The average Bonchev–Trinajstić information content (AvgIpc) is 2.53. The minimum atomic E-state index is 0.0779. The van der Waals surface area contributed by atoms with Gasteiger partial charge in [-0.1, -0.05) is 36.4 Å². The lowest BCUT2D eigenvalue weighted by atomic mass is 10.0. The number of nitrogens with zero attached hydrogens (tertiary/aromatic N) is 2. The largest absolute Gasteiger partial charge is 0.496 e. The highest BCUT2D eigenvalue weighted by Gasteiger charge is 2.06. The third kappa shape index (κ3) is 2.85. The SMILES string of the molecule is COc1ccc(C=C(C#N)C#N)cc1-c1ccccc1. The van der Waals surface area contributed by atoms with Gasteiger partial charge in [0.1, 0.15) is 23.5 Å². The van der Waals surface area contributed by atoms with Gasteiger partial charge in [0, 0.05) is 5.56 Å². The Bertz CT molecular complexity index is 703. The number of benzene rings is 2. The van der Waals surface area contributed by atoms with E-state index in [4.69, 9.17) is 15.3 Å². The molecule has 0 aliphatic carbocycles. The third-order valence-electron chi connectivity index (χ3n) is 2.86. The topological polar surface area (TPSA) is 56.8 Å². The Hall–Kier alpha value is -3.04. The smallest absolute Gasteiger partial charge is 0.130 e. The molecule has 0 unspecified atom stereocenters. The van der Waals surface area contributed by atoms with Crippen molar-refractivity contribution in [2.45, 2.75) is 0 Å². The lowest BCUT2D eigenvalue weighted by molar-refractivity contribution is 0.416. The fourth-order valence-corrected chi connectivity index (χ4v) is 1.91. The molecule has 2 aromatic carbocycles. The second kappa shape index (κ2) is 6.22. The zero-order valence-electron chi connectivity index (χ0n) is 11.0. The number of allylic oxidation sites excluding steroid dienone is 1. The third-order valence-corrected chi connectivity index (χ3v) is 2.86. The Balaban J connectivity index is 2.54. The summed E-state index contributed by atoms with van der Waals surface area (Å²) in [4.78, 5) is 0. The Kier molecular flexibility index (Phi) is 4.17. The number of hydrogen-bond donors (Lipinski definition) is 0. The molecule has 3 nitrogen and oxygen atoms in total. The van der Waals surface area contributed by atoms with Crippen LogP contribution in [-0.4, -0.2) is 7.11 Å². The molecular formula is C17H12N2O. The minimum absolute atomic E-state index is 0.0779. The van der Waals surface area contributed by atoms with Gasteiger partial charge >= 0.3 is 0 Å². The summed E-state index contributed by atoms with van der Waals surface area (Å²) in [5.41, 5.74) is 2.82. The van der Waals surface area contributed by atoms with E-state index in [1.807, 2.05) is 60.7 Å². The Morgan fingerprint density at radius 3 is 2.35 bits per heavy atom. The van der Waals surface area contributed by atoms with Crippen molar-refractivity contribution < 1.29 is 4.74 Å². The van der Waals surface area contributed by atoms with Gasteiger partial charge in [-0.05, 0) is 29.3 Å². The molecule has 0 bridgehead atoms. The van der Waals surface area contributed by atoms with E-state index in [2.05, 4.69) is 0 Å². The van der Waals surface area contributed by atoms with Crippen molar-refractivity contribution in [2.75, 3.05) is 7.11 Å². The van der Waals surface area contributed by atoms with Crippen molar-refractivity contribution in [3.63, 3.8) is 0 Å². The quantitative estimate of drug-likeness (QED) is 0.789. The van der Waals surface area contributed by atoms with E-state index in [1.54, 1.807) is 13.2 Å². The molecule has 0 aliphatic heterocycles. The van der Waals surface area contributed by atoms with Gasteiger partial charge in [0.25, 0.3) is 0 Å². The molecule has 0 aliphatic rings. The zero-order chi connectivity index (χ0) is 14.4. The maximum absolute atomic E-state index is 8.81. The van der Waals surface area contributed by atoms with Gasteiger partial charge in [-0.15, -0.1) is 0 Å². The predicted octanol–water partition coefficient (Wildman–Crippen LogP) is 3.79. The van der Waals surface area contributed by atoms with Gasteiger partial charge < -0.3 is 4.74 Å². The number of hydrogen-bond acceptors (Lipinski definition) is 3. The molecule has 20 heavy (non-hydrogen) atoms. The van der Waals surface area contributed by atoms with Crippen molar-refractivity contribution in [3.8, 4) is 29.0 Å². The van der Waals surface area contributed by atoms with Crippen LogP contribution < -0.4 is 4.74 Å². The van der Waals surface area contributed by atoms with E-state index in [9.17, 15) is 0 Å². The summed E-state index contributed by atoms with van der Waals surface area (Å²) in [5, 5.41) is 17.6. The zero-order valence-corrected chi connectivity index (χ0v) is 11.0. The van der Waals surface area contributed by atoms with E-state index in [-0.39, 0.29) is 5.57 Å². The van der Waals surface area contributed by atoms with E-state index in [0.29, 0.717) is 0 Å². The molecule has 2 aromatic rings. The fraction of sp³-hybridized carbons (Fsp3) is 0.0588. The monoisotopic (exact) mass is 260 g/mol. The molecule has 0 amide bonds. The van der Waals surface area contributed by atoms with Crippen LogP contribution in [0, 0.1) is 22.7 Å². The second-order valence-corrected chi connectivity index (χ2v) is 4.11. The molecule has 0 aromatic heterocycles. The number of nitriles is 2. The first-order valence-electron chi connectivity index (χ1n) is 6.04. The van der Waals surface area contributed by atoms with E-state index >= 15 is 0 Å². The van der Waals surface area contributed by atoms with Crippen LogP contribution in [0.2, 0.25) is 0 Å². The maximum Gasteiger partial charge on any atom is 0.130 e. The maximum atomic E-state index is 8.81. The van der Waals surface area contributed by atoms with Crippen molar-refractivity contribution in [1.29, 1.82) is 10.5 Å². The van der Waals surface area contributed by atoms with Gasteiger partial charge in [0.2, 0.25) is 0 Å². The average molecular weight is 260 g/mol. The first-order valence-corrected chi connectivity index (χ1v) is 6.04. The standard InChI is InChI=1S/C17H12N2O/c1-20-17-8-7-13(9-14(11-18)12-19)10-16(17)15-5-3-2-4-6-15/h2-10H,1H3. The molecule has 0 N–H and O–H groups in total. The van der Waals surface area contributed by atoms with Gasteiger partial charge in [-0.2, -0.15) is 10.5 Å². The van der Waals surface area contributed by atoms with Crippen LogP contribution in [0.15, 0.2) is 54.1 Å². The molecule has 0 atom stereocenters. The summed E-state index contributed by atoms with van der Waals surface area (Å²) in [7, 11) is 1.62. The van der Waals surface area contributed by atoms with Crippen LogP contribution in [0.5, 0.6) is 5.75 Å². The summed E-state index contributed by atoms with van der Waals surface area (Å²) in [5.74, 6) is 0.754. The van der Waals surface area contributed by atoms with Crippen molar-refractivity contribution >= 4 is 6.08 Å². The number of rotatable bonds is 3. The van der Waals surface area contributed by atoms with E-state index < -0.39 is 0 Å². The number of ether oxygens (including phenoxy) is 1. The predicted molar refractivity (Wildman–Crippen MR) is 77.6 cm³/mol. The summed E-state index contributed by atoms with van der Waals surface area (Å²) in [6.07, 6.45) is 1.56. The highest BCUT2D eigenvalue weighted by molar-refractivity contribution is 5.75. The van der Waals surface area contributed by atoms with Crippen LogP contribution in [0.3, 0.4) is 0 Å². The molecule has 0 heterocycles. The summed E-state index contributed by atoms with van der Waals surface area (Å²) in [6.45, 7) is 0. The lowest BCUT2D eigenvalue weighted by Crippen LogP contribution is -1.89. The van der Waals surface area contributed by atoms with Gasteiger partial charge in [-0.25, -0.2) is 0 Å². The first-order chi connectivity index (χ1) is 9.78. The Morgan fingerprint density at radius 1 is 1.05 bits per heavy atom. The minimum Gasteiger partial charge on any atom is -0.496 e. The Morgan fingerprint density at radius 2 is 1.75 bits per heavy atom. The summed E-state index contributed by atoms with van der Waals surface area (Å²) < 4.78 is 5.36. The van der Waals surface area contributed by atoms with Crippen LogP contribution in [0.1, 0.15) is 5.56 Å². The lowest BCUT2D eigenvalue weighted by Gasteiger charge is -2.09. The normalized spacial score (nSPS) is 9.15. The Labute approximate surface area is 118 Å². The number of methoxy groups -OCH3 is 1. The highest BCUT2D eigenvalue weighted by Crippen LogP contribution is 2.31. The van der Waals surface area contributed by atoms with E-state index in [1.165, 1.54) is 0 Å². The van der Waals surface area contributed by atoms with E-state index in [0.717, 1.165) is 22.4 Å². The van der Waals surface area contributed by atoms with Crippen LogP contribution in [0.4, 0.5) is 0 Å². The summed E-state index contributed by atoms with van der Waals surface area (Å²) >= 11 is 0. The molecule has 0 fully saturated rings. The molecule has 96 valence electrons. The highest BCUT2D eigenvalue weighted by atomic mass is 16.5. The molecule has 3 heteroatoms. The molecule has 0 radical (unpaired) electrons. The van der Waals surface area contributed by atoms with Crippen LogP contribution in [-0.2, 0) is 0 Å². The van der Waals surface area contributed by atoms with Crippen LogP contribution >= 0.6 is 0 Å². The van der Waals surface area contributed by atoms with Gasteiger partial charge in [0.15, 0.2) is 0 Å². The second-order valence-electron chi connectivity index (χ2n) is 4.11. The molecule has 0 spiro atoms. The molecule has 2 rings (SSSR count). The first kappa shape index (κ1) is 13.4.